The van der Waals surface area contributed by atoms with E-state index in [0.717, 1.165) is 6.16 Å². The molecule has 0 amide bonds. The van der Waals surface area contributed by atoms with Crippen LogP contribution in [0.3, 0.4) is 0 Å². The summed E-state index contributed by atoms with van der Waals surface area (Å²) in [4.78, 5) is 0. The van der Waals surface area contributed by atoms with Gasteiger partial charge in [0.05, 0.1) is 5.69 Å². The summed E-state index contributed by atoms with van der Waals surface area (Å²) in [5.41, 5.74) is 1.58. The molecule has 0 saturated heterocycles. The maximum atomic E-state index is 10.3. The van der Waals surface area contributed by atoms with E-state index in [2.05, 4.69) is 23.0 Å². The lowest BCUT2D eigenvalue weighted by Gasteiger charge is -2.04. The molecule has 0 aliphatic rings. The Morgan fingerprint density at radius 3 is 2.25 bits per heavy atom. The topological polar surface area (TPSA) is 79.1 Å². The van der Waals surface area contributed by atoms with Crippen LogP contribution in [0, 0.1) is 0 Å². The molecule has 0 bridgehead atoms. The molecule has 1 aromatic rings. The number of benzene rings is 1. The average molecular weight is 260 g/mol. The molecular weight excluding hydrogens is 247 g/mol. The predicted molar refractivity (Wildman–Crippen MR) is 65.0 cm³/mol. The zero-order chi connectivity index (χ0) is 12.2. The maximum Gasteiger partial charge on any atom is 0.396 e. The van der Waals surface area contributed by atoms with E-state index in [9.17, 15) is 8.42 Å². The molecule has 1 aromatic carbocycles. The molecule has 0 atom stereocenters. The van der Waals surface area contributed by atoms with Crippen LogP contribution in [0.1, 0.15) is 5.56 Å². The Labute approximate surface area is 96.2 Å². The van der Waals surface area contributed by atoms with E-state index in [1.54, 1.807) is 12.1 Å². The van der Waals surface area contributed by atoms with Crippen LogP contribution in [0.4, 0.5) is 5.69 Å². The van der Waals surface area contributed by atoms with E-state index in [4.69, 9.17) is 4.55 Å². The standard InChI is InChI=1S/C9H13N2O3PS/c1-15(2)7-8-3-5-9(6-4-8)10-11-16(12,13)14/h3-6H,7H2,1-2H3,(H,12,13,14). The summed E-state index contributed by atoms with van der Waals surface area (Å²) in [5.74, 6) is 0. The molecule has 7 heteroatoms. The molecule has 0 aromatic heterocycles. The second kappa shape index (κ2) is 5.48. The first-order valence-electron chi connectivity index (χ1n) is 4.51. The molecule has 88 valence electrons. The van der Waals surface area contributed by atoms with Gasteiger partial charge in [-0.05, 0) is 41.7 Å². The highest BCUT2D eigenvalue weighted by molar-refractivity contribution is 7.84. The van der Waals surface area contributed by atoms with Gasteiger partial charge < -0.3 is 0 Å². The average Bonchev–Trinajstić information content (AvgIpc) is 2.14. The summed E-state index contributed by atoms with van der Waals surface area (Å²) in [7, 11) is -4.39. The lowest BCUT2D eigenvalue weighted by molar-refractivity contribution is 0.482. The predicted octanol–water partition coefficient (Wildman–Crippen LogP) is 2.81. The van der Waals surface area contributed by atoms with Gasteiger partial charge in [-0.25, -0.2) is 0 Å². The minimum atomic E-state index is -4.39. The van der Waals surface area contributed by atoms with Gasteiger partial charge in [0.1, 0.15) is 0 Å². The van der Waals surface area contributed by atoms with Crippen molar-refractivity contribution in [3.63, 3.8) is 0 Å². The molecule has 0 spiro atoms. The Morgan fingerprint density at radius 2 is 1.81 bits per heavy atom. The van der Waals surface area contributed by atoms with E-state index in [1.165, 1.54) is 5.56 Å². The highest BCUT2D eigenvalue weighted by Crippen LogP contribution is 2.30. The van der Waals surface area contributed by atoms with Crippen molar-refractivity contribution in [2.24, 2.45) is 9.63 Å². The van der Waals surface area contributed by atoms with E-state index < -0.39 is 10.3 Å². The second-order valence-electron chi connectivity index (χ2n) is 3.53. The van der Waals surface area contributed by atoms with Crippen molar-refractivity contribution < 1.29 is 13.0 Å². The molecule has 0 unspecified atom stereocenters. The fourth-order valence-electron chi connectivity index (χ4n) is 1.13. The summed E-state index contributed by atoms with van der Waals surface area (Å²) >= 11 is 0. The quantitative estimate of drug-likeness (QED) is 0.513. The van der Waals surface area contributed by atoms with Gasteiger partial charge in [0.15, 0.2) is 0 Å². The molecule has 16 heavy (non-hydrogen) atoms. The molecule has 0 radical (unpaired) electrons. The van der Waals surface area contributed by atoms with E-state index >= 15 is 0 Å². The summed E-state index contributed by atoms with van der Waals surface area (Å²) in [6.07, 6.45) is 1.02. The minimum Gasteiger partial charge on any atom is -0.267 e. The lowest BCUT2D eigenvalue weighted by atomic mass is 10.2. The Kier molecular flexibility index (Phi) is 4.53. The van der Waals surface area contributed by atoms with Crippen molar-refractivity contribution in [3.05, 3.63) is 29.8 Å². The fourth-order valence-corrected chi connectivity index (χ4v) is 2.27. The van der Waals surface area contributed by atoms with Crippen LogP contribution >= 0.6 is 7.92 Å². The minimum absolute atomic E-state index is 0.00272. The number of hydrogen-bond donors (Lipinski definition) is 1. The zero-order valence-corrected chi connectivity index (χ0v) is 10.7. The van der Waals surface area contributed by atoms with Crippen molar-refractivity contribution in [3.8, 4) is 0 Å². The van der Waals surface area contributed by atoms with Crippen molar-refractivity contribution in [1.82, 2.24) is 0 Å². The summed E-state index contributed by atoms with van der Waals surface area (Å²) in [5, 5.41) is 3.39. The molecule has 0 aliphatic heterocycles. The Hall–Kier alpha value is -0.840. The Morgan fingerprint density at radius 1 is 1.25 bits per heavy atom. The van der Waals surface area contributed by atoms with Gasteiger partial charge in [-0.3, -0.25) is 4.55 Å². The van der Waals surface area contributed by atoms with Crippen LogP contribution in [-0.2, 0) is 16.5 Å². The van der Waals surface area contributed by atoms with Gasteiger partial charge in [-0.2, -0.15) is 8.42 Å². The zero-order valence-electron chi connectivity index (χ0n) is 9.03. The Bertz CT molecular complexity index is 468. The Balaban J connectivity index is 2.76. The number of nitrogens with zero attached hydrogens (tertiary/aromatic N) is 2. The third-order valence-corrected chi connectivity index (χ3v) is 2.98. The van der Waals surface area contributed by atoms with Crippen LogP contribution < -0.4 is 0 Å². The van der Waals surface area contributed by atoms with E-state index in [0.29, 0.717) is 5.69 Å². The molecule has 0 fully saturated rings. The van der Waals surface area contributed by atoms with Gasteiger partial charge in [-0.15, -0.1) is 13.0 Å². The molecule has 5 nitrogen and oxygen atoms in total. The monoisotopic (exact) mass is 260 g/mol. The maximum absolute atomic E-state index is 10.3. The van der Waals surface area contributed by atoms with E-state index in [1.807, 2.05) is 12.1 Å². The third kappa shape index (κ3) is 5.30. The van der Waals surface area contributed by atoms with Gasteiger partial charge in [0.2, 0.25) is 0 Å². The normalized spacial score (nSPS) is 12.5. The van der Waals surface area contributed by atoms with Crippen molar-refractivity contribution in [2.75, 3.05) is 13.3 Å². The molecule has 0 heterocycles. The second-order valence-corrected chi connectivity index (χ2v) is 7.07. The SMILES string of the molecule is CP(C)Cc1ccc(N=NS(=O)(=O)O)cc1. The van der Waals surface area contributed by atoms with Crippen molar-refractivity contribution in [1.29, 1.82) is 0 Å². The van der Waals surface area contributed by atoms with Crippen LogP contribution in [0.5, 0.6) is 0 Å². The largest absolute Gasteiger partial charge is 0.396 e. The smallest absolute Gasteiger partial charge is 0.267 e. The highest BCUT2D eigenvalue weighted by Gasteiger charge is 2.00. The van der Waals surface area contributed by atoms with Crippen LogP contribution in [0.25, 0.3) is 0 Å². The van der Waals surface area contributed by atoms with Crippen molar-refractivity contribution in [2.45, 2.75) is 6.16 Å². The first kappa shape index (κ1) is 13.2. The first-order chi connectivity index (χ1) is 7.37. The van der Waals surface area contributed by atoms with E-state index in [-0.39, 0.29) is 7.92 Å². The summed E-state index contributed by atoms with van der Waals surface area (Å²) < 4.78 is 31.8. The lowest BCUT2D eigenvalue weighted by Crippen LogP contribution is -1.88. The molecule has 1 N–H and O–H groups in total. The molecule has 1 rings (SSSR count). The summed E-state index contributed by atoms with van der Waals surface area (Å²) in [6, 6.07) is 7.09. The first-order valence-corrected chi connectivity index (χ1v) is 8.33. The van der Waals surface area contributed by atoms with Gasteiger partial charge in [0, 0.05) is 0 Å². The number of hydrogen-bond acceptors (Lipinski definition) is 3. The van der Waals surface area contributed by atoms with Crippen molar-refractivity contribution >= 4 is 23.9 Å². The van der Waals surface area contributed by atoms with Gasteiger partial charge >= 0.3 is 10.3 Å². The van der Waals surface area contributed by atoms with Crippen LogP contribution in [0.15, 0.2) is 33.9 Å². The molecule has 0 aliphatic carbocycles. The fraction of sp³-hybridized carbons (Fsp3) is 0.333. The third-order valence-electron chi connectivity index (χ3n) is 1.69. The van der Waals surface area contributed by atoms with Crippen LogP contribution in [0.2, 0.25) is 0 Å². The molecule has 0 saturated carbocycles. The number of rotatable bonds is 4. The highest BCUT2D eigenvalue weighted by atomic mass is 32.2. The van der Waals surface area contributed by atoms with Gasteiger partial charge in [0.25, 0.3) is 0 Å². The van der Waals surface area contributed by atoms with Gasteiger partial charge in [-0.1, -0.05) is 12.1 Å². The van der Waals surface area contributed by atoms with Crippen LogP contribution in [-0.4, -0.2) is 26.3 Å². The summed E-state index contributed by atoms with van der Waals surface area (Å²) in [6.45, 7) is 4.36. The molecular formula is C9H13N2O3PS.